The summed E-state index contributed by atoms with van der Waals surface area (Å²) in [7, 11) is 0. The van der Waals surface area contributed by atoms with Crippen molar-refractivity contribution in [2.45, 2.75) is 25.8 Å². The Labute approximate surface area is 129 Å². The highest BCUT2D eigenvalue weighted by Gasteiger charge is 2.16. The van der Waals surface area contributed by atoms with Crippen molar-refractivity contribution in [1.82, 2.24) is 10.3 Å². The molecular formula is C18H20N2S. The highest BCUT2D eigenvalue weighted by Crippen LogP contribution is 2.26. The van der Waals surface area contributed by atoms with Gasteiger partial charge >= 0.3 is 0 Å². The van der Waals surface area contributed by atoms with E-state index in [2.05, 4.69) is 65.1 Å². The maximum atomic E-state index is 4.68. The van der Waals surface area contributed by atoms with Crippen molar-refractivity contribution in [1.29, 1.82) is 0 Å². The van der Waals surface area contributed by atoms with E-state index in [-0.39, 0.29) is 6.04 Å². The van der Waals surface area contributed by atoms with Crippen molar-refractivity contribution >= 4 is 22.1 Å². The van der Waals surface area contributed by atoms with Gasteiger partial charge < -0.3 is 5.32 Å². The second-order valence-corrected chi connectivity index (χ2v) is 6.24. The van der Waals surface area contributed by atoms with Gasteiger partial charge in [-0.25, -0.2) is 0 Å². The molecule has 1 unspecified atom stereocenters. The van der Waals surface area contributed by atoms with Crippen LogP contribution in [0, 0.1) is 0 Å². The lowest BCUT2D eigenvalue weighted by Crippen LogP contribution is -2.25. The van der Waals surface area contributed by atoms with Crippen LogP contribution in [-0.2, 0) is 6.42 Å². The molecule has 1 aromatic carbocycles. The first kappa shape index (κ1) is 14.2. The second-order valence-electron chi connectivity index (χ2n) is 5.21. The minimum atomic E-state index is 0.273. The standard InChI is InChI=1S/C18H20N2S/c1-2-10-19-17(13-15-7-5-12-21-15)18-16-8-4-3-6-14(16)9-11-20-18/h3-9,11-12,17,19H,2,10,13H2,1H3. The fraction of sp³-hybridized carbons (Fsp3) is 0.278. The molecule has 2 heterocycles. The predicted molar refractivity (Wildman–Crippen MR) is 90.8 cm³/mol. The molecule has 0 amide bonds. The van der Waals surface area contributed by atoms with E-state index in [0.717, 1.165) is 25.1 Å². The fourth-order valence-electron chi connectivity index (χ4n) is 2.63. The van der Waals surface area contributed by atoms with Crippen LogP contribution in [0.4, 0.5) is 0 Å². The number of rotatable bonds is 6. The van der Waals surface area contributed by atoms with Crippen LogP contribution in [0.25, 0.3) is 10.8 Å². The van der Waals surface area contributed by atoms with Gasteiger partial charge in [0.15, 0.2) is 0 Å². The maximum absolute atomic E-state index is 4.68. The van der Waals surface area contributed by atoms with Gasteiger partial charge in [-0.15, -0.1) is 11.3 Å². The van der Waals surface area contributed by atoms with Crippen LogP contribution in [0.2, 0.25) is 0 Å². The zero-order valence-electron chi connectivity index (χ0n) is 12.3. The van der Waals surface area contributed by atoms with Gasteiger partial charge in [0.2, 0.25) is 0 Å². The van der Waals surface area contributed by atoms with Crippen molar-refractivity contribution in [2.24, 2.45) is 0 Å². The molecule has 0 aliphatic carbocycles. The second kappa shape index (κ2) is 6.83. The molecule has 2 aromatic heterocycles. The summed E-state index contributed by atoms with van der Waals surface area (Å²) in [5.41, 5.74) is 1.16. The summed E-state index contributed by atoms with van der Waals surface area (Å²) in [4.78, 5) is 6.08. The molecule has 108 valence electrons. The third-order valence-corrected chi connectivity index (χ3v) is 4.56. The first-order valence-electron chi connectivity index (χ1n) is 7.48. The van der Waals surface area contributed by atoms with Crippen LogP contribution in [0.5, 0.6) is 0 Å². The van der Waals surface area contributed by atoms with Crippen LogP contribution in [0.3, 0.4) is 0 Å². The molecule has 3 rings (SSSR count). The van der Waals surface area contributed by atoms with E-state index >= 15 is 0 Å². The zero-order chi connectivity index (χ0) is 14.5. The molecule has 21 heavy (non-hydrogen) atoms. The van der Waals surface area contributed by atoms with Gasteiger partial charge in [-0.1, -0.05) is 37.3 Å². The minimum absolute atomic E-state index is 0.273. The highest BCUT2D eigenvalue weighted by atomic mass is 32.1. The summed E-state index contributed by atoms with van der Waals surface area (Å²) in [5.74, 6) is 0. The quantitative estimate of drug-likeness (QED) is 0.720. The van der Waals surface area contributed by atoms with Crippen molar-refractivity contribution in [3.63, 3.8) is 0 Å². The first-order valence-corrected chi connectivity index (χ1v) is 8.36. The molecule has 1 N–H and O–H groups in total. The topological polar surface area (TPSA) is 24.9 Å². The number of hydrogen-bond acceptors (Lipinski definition) is 3. The minimum Gasteiger partial charge on any atom is -0.308 e. The molecule has 2 nitrogen and oxygen atoms in total. The molecule has 0 saturated heterocycles. The Kier molecular flexibility index (Phi) is 4.63. The lowest BCUT2D eigenvalue weighted by atomic mass is 10.0. The molecule has 1 atom stereocenters. The van der Waals surface area contributed by atoms with Gasteiger partial charge in [0.1, 0.15) is 0 Å². The van der Waals surface area contributed by atoms with Crippen molar-refractivity contribution in [3.8, 4) is 0 Å². The van der Waals surface area contributed by atoms with E-state index in [4.69, 9.17) is 0 Å². The lowest BCUT2D eigenvalue weighted by molar-refractivity contribution is 0.524. The van der Waals surface area contributed by atoms with Gasteiger partial charge in [-0.2, -0.15) is 0 Å². The molecule has 0 saturated carbocycles. The smallest absolute Gasteiger partial charge is 0.0655 e. The van der Waals surface area contributed by atoms with Gasteiger partial charge in [0, 0.05) is 22.9 Å². The van der Waals surface area contributed by atoms with E-state index in [1.807, 2.05) is 17.5 Å². The predicted octanol–water partition coefficient (Wildman–Crippen LogP) is 4.58. The van der Waals surface area contributed by atoms with Crippen LogP contribution >= 0.6 is 11.3 Å². The Morgan fingerprint density at radius 2 is 2.05 bits per heavy atom. The fourth-order valence-corrected chi connectivity index (χ4v) is 3.39. The van der Waals surface area contributed by atoms with Gasteiger partial charge in [0.25, 0.3) is 0 Å². The molecule has 0 aliphatic rings. The van der Waals surface area contributed by atoms with E-state index < -0.39 is 0 Å². The number of aromatic nitrogens is 1. The van der Waals surface area contributed by atoms with Crippen molar-refractivity contribution < 1.29 is 0 Å². The van der Waals surface area contributed by atoms with Crippen molar-refractivity contribution in [2.75, 3.05) is 6.54 Å². The first-order chi connectivity index (χ1) is 10.4. The van der Waals surface area contributed by atoms with Crippen molar-refractivity contribution in [3.05, 3.63) is 64.6 Å². The van der Waals surface area contributed by atoms with E-state index in [1.54, 1.807) is 0 Å². The molecule has 0 fully saturated rings. The Morgan fingerprint density at radius 3 is 2.86 bits per heavy atom. The monoisotopic (exact) mass is 296 g/mol. The molecule has 0 spiro atoms. The van der Waals surface area contributed by atoms with Gasteiger partial charge in [0.05, 0.1) is 11.7 Å². The number of benzene rings is 1. The molecule has 0 bridgehead atoms. The zero-order valence-corrected chi connectivity index (χ0v) is 13.1. The average Bonchev–Trinajstić information content (AvgIpc) is 3.04. The number of thiophene rings is 1. The van der Waals surface area contributed by atoms with Crippen LogP contribution in [0.15, 0.2) is 54.0 Å². The van der Waals surface area contributed by atoms with E-state index in [1.165, 1.54) is 15.6 Å². The summed E-state index contributed by atoms with van der Waals surface area (Å²) in [6.07, 6.45) is 4.05. The summed E-state index contributed by atoms with van der Waals surface area (Å²) in [6, 6.07) is 15.2. The Hall–Kier alpha value is -1.71. The van der Waals surface area contributed by atoms with Crippen LogP contribution < -0.4 is 5.32 Å². The molecule has 0 radical (unpaired) electrons. The summed E-state index contributed by atoms with van der Waals surface area (Å²) in [5, 5.41) is 8.32. The normalized spacial score (nSPS) is 12.6. The SMILES string of the molecule is CCCNC(Cc1cccs1)c1nccc2ccccc12. The molecule has 3 heteroatoms. The molecular weight excluding hydrogens is 276 g/mol. The number of pyridine rings is 1. The van der Waals surface area contributed by atoms with Crippen LogP contribution in [0.1, 0.15) is 30.0 Å². The highest BCUT2D eigenvalue weighted by molar-refractivity contribution is 7.09. The largest absolute Gasteiger partial charge is 0.308 e. The molecule has 0 aliphatic heterocycles. The van der Waals surface area contributed by atoms with Gasteiger partial charge in [-0.3, -0.25) is 4.98 Å². The lowest BCUT2D eigenvalue weighted by Gasteiger charge is -2.19. The third kappa shape index (κ3) is 3.31. The molecule has 3 aromatic rings. The number of nitrogens with one attached hydrogen (secondary N) is 1. The van der Waals surface area contributed by atoms with Gasteiger partial charge in [-0.05, 0) is 35.9 Å². The summed E-state index contributed by atoms with van der Waals surface area (Å²) in [6.45, 7) is 3.21. The summed E-state index contributed by atoms with van der Waals surface area (Å²) >= 11 is 1.82. The summed E-state index contributed by atoms with van der Waals surface area (Å²) < 4.78 is 0. The number of nitrogens with zero attached hydrogens (tertiary/aromatic N) is 1. The average molecular weight is 296 g/mol. The van der Waals surface area contributed by atoms with E-state index in [0.29, 0.717) is 0 Å². The van der Waals surface area contributed by atoms with Crippen LogP contribution in [-0.4, -0.2) is 11.5 Å². The van der Waals surface area contributed by atoms with E-state index in [9.17, 15) is 0 Å². The third-order valence-electron chi connectivity index (χ3n) is 3.66. The number of fused-ring (bicyclic) bond motifs is 1. The Morgan fingerprint density at radius 1 is 1.14 bits per heavy atom. The maximum Gasteiger partial charge on any atom is 0.0655 e. The Bertz CT molecular complexity index is 686. The number of hydrogen-bond donors (Lipinski definition) is 1. The Balaban J connectivity index is 1.97.